The van der Waals surface area contributed by atoms with Gasteiger partial charge in [0, 0.05) is 6.04 Å². The van der Waals surface area contributed by atoms with Gasteiger partial charge in [-0.25, -0.2) is 8.42 Å². The van der Waals surface area contributed by atoms with Crippen LogP contribution in [0.4, 0.5) is 13.2 Å². The lowest BCUT2D eigenvalue weighted by Crippen LogP contribution is -2.51. The summed E-state index contributed by atoms with van der Waals surface area (Å²) in [5.41, 5.74) is -1.72. The molecule has 2 aliphatic rings. The standard InChI is InChI=1S/C9H14F3NO2S/c10-9(11,12)8(3-4-8)13-7-1-5-16(14,15)6-2-7/h7,13H,1-6H2. The predicted molar refractivity (Wildman–Crippen MR) is 52.8 cm³/mol. The molecule has 0 aromatic carbocycles. The van der Waals surface area contributed by atoms with Crippen molar-refractivity contribution in [3.63, 3.8) is 0 Å². The van der Waals surface area contributed by atoms with Crippen molar-refractivity contribution in [2.45, 2.75) is 43.4 Å². The number of sulfone groups is 1. The second-order valence-electron chi connectivity index (χ2n) is 4.65. The lowest BCUT2D eigenvalue weighted by Gasteiger charge is -2.29. The van der Waals surface area contributed by atoms with Gasteiger partial charge in [-0.05, 0) is 25.7 Å². The van der Waals surface area contributed by atoms with Crippen LogP contribution in [0.2, 0.25) is 0 Å². The van der Waals surface area contributed by atoms with E-state index in [0.29, 0.717) is 12.8 Å². The van der Waals surface area contributed by atoms with Gasteiger partial charge in [0.15, 0.2) is 0 Å². The fraction of sp³-hybridized carbons (Fsp3) is 1.00. The summed E-state index contributed by atoms with van der Waals surface area (Å²) < 4.78 is 60.1. The lowest BCUT2D eigenvalue weighted by molar-refractivity contribution is -0.168. The smallest absolute Gasteiger partial charge is 0.301 e. The number of nitrogens with one attached hydrogen (secondary N) is 1. The van der Waals surface area contributed by atoms with Gasteiger partial charge >= 0.3 is 6.18 Å². The summed E-state index contributed by atoms with van der Waals surface area (Å²) in [5.74, 6) is -0.00277. The van der Waals surface area contributed by atoms with E-state index in [2.05, 4.69) is 5.32 Å². The first kappa shape index (κ1) is 12.2. The highest BCUT2D eigenvalue weighted by molar-refractivity contribution is 7.91. The van der Waals surface area contributed by atoms with E-state index in [0.717, 1.165) is 0 Å². The average Bonchev–Trinajstić information content (AvgIpc) is 2.89. The number of hydrogen-bond donors (Lipinski definition) is 1. The maximum Gasteiger partial charge on any atom is 0.406 e. The molecular weight excluding hydrogens is 243 g/mol. The van der Waals surface area contributed by atoms with Crippen molar-refractivity contribution in [1.29, 1.82) is 0 Å². The maximum absolute atomic E-state index is 12.6. The predicted octanol–water partition coefficient (Wildman–Crippen LogP) is 1.25. The average molecular weight is 257 g/mol. The molecule has 2 rings (SSSR count). The van der Waals surface area contributed by atoms with Crippen LogP contribution < -0.4 is 5.32 Å². The van der Waals surface area contributed by atoms with Gasteiger partial charge in [-0.15, -0.1) is 0 Å². The summed E-state index contributed by atoms with van der Waals surface area (Å²) in [5, 5.41) is 2.59. The van der Waals surface area contributed by atoms with Crippen LogP contribution in [-0.4, -0.2) is 37.7 Å². The molecule has 0 aromatic heterocycles. The molecule has 2 fully saturated rings. The van der Waals surface area contributed by atoms with E-state index in [9.17, 15) is 21.6 Å². The van der Waals surface area contributed by atoms with Gasteiger partial charge < -0.3 is 5.32 Å². The third kappa shape index (κ3) is 2.34. The summed E-state index contributed by atoms with van der Waals surface area (Å²) in [4.78, 5) is 0. The Hall–Kier alpha value is -0.300. The Labute approximate surface area is 92.3 Å². The highest BCUT2D eigenvalue weighted by atomic mass is 32.2. The molecular formula is C9H14F3NO2S. The van der Waals surface area contributed by atoms with Gasteiger partial charge in [-0.1, -0.05) is 0 Å². The molecule has 0 atom stereocenters. The molecule has 0 bridgehead atoms. The Morgan fingerprint density at radius 2 is 1.62 bits per heavy atom. The quantitative estimate of drug-likeness (QED) is 0.809. The molecule has 1 saturated heterocycles. The Morgan fingerprint density at radius 1 is 1.12 bits per heavy atom. The minimum absolute atomic E-state index is 0.00139. The number of hydrogen-bond acceptors (Lipinski definition) is 3. The first-order valence-corrected chi connectivity index (χ1v) is 7.11. The molecule has 1 aliphatic heterocycles. The molecule has 1 heterocycles. The third-order valence-electron chi connectivity index (χ3n) is 3.33. The molecule has 0 radical (unpaired) electrons. The van der Waals surface area contributed by atoms with Crippen molar-refractivity contribution in [1.82, 2.24) is 5.32 Å². The number of rotatable bonds is 2. The molecule has 1 saturated carbocycles. The van der Waals surface area contributed by atoms with Gasteiger partial charge in [0.1, 0.15) is 15.4 Å². The largest absolute Gasteiger partial charge is 0.406 e. The Bertz CT molecular complexity index is 359. The Balaban J connectivity index is 1.93. The summed E-state index contributed by atoms with van der Waals surface area (Å²) in [6, 6.07) is -0.312. The van der Waals surface area contributed by atoms with Gasteiger partial charge in [0.25, 0.3) is 0 Å². The van der Waals surface area contributed by atoms with Gasteiger partial charge in [-0.2, -0.15) is 13.2 Å². The molecule has 0 spiro atoms. The van der Waals surface area contributed by atoms with E-state index in [1.807, 2.05) is 0 Å². The van der Waals surface area contributed by atoms with Gasteiger partial charge in [0.2, 0.25) is 0 Å². The number of halogens is 3. The van der Waals surface area contributed by atoms with Gasteiger partial charge in [0.05, 0.1) is 11.5 Å². The maximum atomic E-state index is 12.6. The summed E-state index contributed by atoms with van der Waals surface area (Å²) in [7, 11) is -3.01. The third-order valence-corrected chi connectivity index (χ3v) is 5.04. The van der Waals surface area contributed by atoms with Crippen LogP contribution in [0.3, 0.4) is 0 Å². The summed E-state index contributed by atoms with van der Waals surface area (Å²) in [6.45, 7) is 0. The van der Waals surface area contributed by atoms with Crippen molar-refractivity contribution in [3.05, 3.63) is 0 Å². The van der Waals surface area contributed by atoms with Crippen LogP contribution in [0, 0.1) is 0 Å². The first-order valence-electron chi connectivity index (χ1n) is 5.29. The van der Waals surface area contributed by atoms with Crippen LogP contribution in [0.1, 0.15) is 25.7 Å². The van der Waals surface area contributed by atoms with Crippen LogP contribution in [0.5, 0.6) is 0 Å². The van der Waals surface area contributed by atoms with Crippen molar-refractivity contribution in [3.8, 4) is 0 Å². The zero-order valence-corrected chi connectivity index (χ0v) is 9.50. The van der Waals surface area contributed by atoms with Crippen LogP contribution >= 0.6 is 0 Å². The van der Waals surface area contributed by atoms with Crippen molar-refractivity contribution in [2.24, 2.45) is 0 Å². The van der Waals surface area contributed by atoms with E-state index >= 15 is 0 Å². The minimum atomic E-state index is -4.22. The van der Waals surface area contributed by atoms with E-state index in [1.54, 1.807) is 0 Å². The molecule has 16 heavy (non-hydrogen) atoms. The SMILES string of the molecule is O=S1(=O)CCC(NC2(C(F)(F)F)CC2)CC1. The molecule has 0 aromatic rings. The van der Waals surface area contributed by atoms with E-state index in [-0.39, 0.29) is 30.4 Å². The second-order valence-corrected chi connectivity index (χ2v) is 6.95. The molecule has 3 nitrogen and oxygen atoms in total. The van der Waals surface area contributed by atoms with Crippen LogP contribution in [0.25, 0.3) is 0 Å². The number of alkyl halides is 3. The highest BCUT2D eigenvalue weighted by Gasteiger charge is 2.63. The summed E-state index contributed by atoms with van der Waals surface area (Å²) >= 11 is 0. The molecule has 7 heteroatoms. The lowest BCUT2D eigenvalue weighted by atomic mass is 10.1. The van der Waals surface area contributed by atoms with E-state index < -0.39 is 21.6 Å². The normalized spacial score (nSPS) is 28.9. The summed E-state index contributed by atoms with van der Waals surface area (Å²) in [6.07, 6.45) is -3.41. The highest BCUT2D eigenvalue weighted by Crippen LogP contribution is 2.49. The first-order chi connectivity index (χ1) is 7.24. The molecule has 94 valence electrons. The van der Waals surface area contributed by atoms with Crippen molar-refractivity contribution in [2.75, 3.05) is 11.5 Å². The van der Waals surface area contributed by atoms with Crippen molar-refractivity contribution < 1.29 is 21.6 Å². The zero-order valence-electron chi connectivity index (χ0n) is 8.68. The van der Waals surface area contributed by atoms with Gasteiger partial charge in [-0.3, -0.25) is 0 Å². The molecule has 0 unspecified atom stereocenters. The van der Waals surface area contributed by atoms with Crippen LogP contribution in [-0.2, 0) is 9.84 Å². The van der Waals surface area contributed by atoms with E-state index in [1.165, 1.54) is 0 Å². The Kier molecular flexibility index (Phi) is 2.73. The molecule has 1 aliphatic carbocycles. The Morgan fingerprint density at radius 3 is 2.00 bits per heavy atom. The molecule has 0 amide bonds. The van der Waals surface area contributed by atoms with E-state index in [4.69, 9.17) is 0 Å². The topological polar surface area (TPSA) is 46.2 Å². The minimum Gasteiger partial charge on any atom is -0.301 e. The molecule has 1 N–H and O–H groups in total. The fourth-order valence-electron chi connectivity index (χ4n) is 2.06. The van der Waals surface area contributed by atoms with Crippen molar-refractivity contribution >= 4 is 9.84 Å². The fourth-order valence-corrected chi connectivity index (χ4v) is 3.55. The van der Waals surface area contributed by atoms with Crippen LogP contribution in [0.15, 0.2) is 0 Å². The zero-order chi connectivity index (χ0) is 12.0. The second kappa shape index (κ2) is 3.60. The monoisotopic (exact) mass is 257 g/mol.